The molecule has 1 aliphatic rings. The van der Waals surface area contributed by atoms with Gasteiger partial charge in [0.05, 0.1) is 12.1 Å². The third kappa shape index (κ3) is 1.66. The van der Waals surface area contributed by atoms with Gasteiger partial charge < -0.3 is 9.26 Å². The summed E-state index contributed by atoms with van der Waals surface area (Å²) >= 11 is 1.51. The minimum atomic E-state index is 0.279. The van der Waals surface area contributed by atoms with Gasteiger partial charge in [-0.3, -0.25) is 0 Å². The van der Waals surface area contributed by atoms with Crippen molar-refractivity contribution in [2.45, 2.75) is 12.3 Å². The molecule has 0 radical (unpaired) electrons. The van der Waals surface area contributed by atoms with Crippen LogP contribution in [-0.2, 0) is 4.74 Å². The maximum Gasteiger partial charge on any atom is 0.277 e. The van der Waals surface area contributed by atoms with Crippen LogP contribution in [0.5, 0.6) is 0 Å². The molecule has 0 aromatic carbocycles. The standard InChI is InChI=1S/C9H9N3O2S/c1-2-13-3-6(1)8-11-9(14-12-8)7-4-15-5-10-7/h4-6H,1-3H2/t6-/m0/s1. The molecule has 0 amide bonds. The van der Waals surface area contributed by atoms with Gasteiger partial charge in [-0.05, 0) is 6.42 Å². The topological polar surface area (TPSA) is 61.0 Å². The molecule has 1 atom stereocenters. The summed E-state index contributed by atoms with van der Waals surface area (Å²) in [5, 5.41) is 5.84. The largest absolute Gasteiger partial charge is 0.381 e. The fourth-order valence-electron chi connectivity index (χ4n) is 1.56. The Morgan fingerprint density at radius 2 is 2.47 bits per heavy atom. The number of aromatic nitrogens is 3. The van der Waals surface area contributed by atoms with Gasteiger partial charge in [-0.25, -0.2) is 4.98 Å². The van der Waals surface area contributed by atoms with E-state index in [1.165, 1.54) is 11.3 Å². The maximum atomic E-state index is 5.28. The van der Waals surface area contributed by atoms with E-state index in [-0.39, 0.29) is 5.92 Å². The van der Waals surface area contributed by atoms with Gasteiger partial charge in [-0.2, -0.15) is 4.98 Å². The predicted molar refractivity (Wildman–Crippen MR) is 53.6 cm³/mol. The molecule has 2 aromatic heterocycles. The maximum absolute atomic E-state index is 5.28. The van der Waals surface area contributed by atoms with E-state index in [1.54, 1.807) is 5.51 Å². The van der Waals surface area contributed by atoms with E-state index in [0.29, 0.717) is 12.5 Å². The lowest BCUT2D eigenvalue weighted by Crippen LogP contribution is -1.99. The average molecular weight is 223 g/mol. The molecule has 0 unspecified atom stereocenters. The van der Waals surface area contributed by atoms with Gasteiger partial charge in [0.2, 0.25) is 0 Å². The van der Waals surface area contributed by atoms with Crippen molar-refractivity contribution in [3.8, 4) is 11.6 Å². The van der Waals surface area contributed by atoms with Crippen LogP contribution in [0, 0.1) is 0 Å². The molecule has 0 saturated carbocycles. The molecular weight excluding hydrogens is 214 g/mol. The summed E-state index contributed by atoms with van der Waals surface area (Å²) in [7, 11) is 0. The molecule has 0 spiro atoms. The fraction of sp³-hybridized carbons (Fsp3) is 0.444. The summed E-state index contributed by atoms with van der Waals surface area (Å²) < 4.78 is 10.4. The van der Waals surface area contributed by atoms with Crippen LogP contribution in [0.25, 0.3) is 11.6 Å². The highest BCUT2D eigenvalue weighted by atomic mass is 32.1. The summed E-state index contributed by atoms with van der Waals surface area (Å²) in [4.78, 5) is 8.44. The molecule has 5 nitrogen and oxygen atoms in total. The summed E-state index contributed by atoms with van der Waals surface area (Å²) in [6.45, 7) is 1.47. The highest BCUT2D eigenvalue weighted by molar-refractivity contribution is 7.07. The first-order chi connectivity index (χ1) is 7.43. The molecule has 15 heavy (non-hydrogen) atoms. The molecule has 3 heterocycles. The quantitative estimate of drug-likeness (QED) is 0.775. The monoisotopic (exact) mass is 223 g/mol. The molecule has 1 saturated heterocycles. The van der Waals surface area contributed by atoms with Gasteiger partial charge in [0.15, 0.2) is 5.82 Å². The molecule has 2 aromatic rings. The number of thiazole rings is 1. The zero-order valence-corrected chi connectivity index (χ0v) is 8.74. The van der Waals surface area contributed by atoms with Crippen LogP contribution in [-0.4, -0.2) is 28.3 Å². The number of rotatable bonds is 2. The van der Waals surface area contributed by atoms with Gasteiger partial charge in [0.1, 0.15) is 5.69 Å². The Kier molecular flexibility index (Phi) is 2.22. The van der Waals surface area contributed by atoms with Crippen LogP contribution in [0.15, 0.2) is 15.4 Å². The summed E-state index contributed by atoms with van der Waals surface area (Å²) in [6, 6.07) is 0. The van der Waals surface area contributed by atoms with Crippen molar-refractivity contribution in [3.63, 3.8) is 0 Å². The molecule has 1 aliphatic heterocycles. The van der Waals surface area contributed by atoms with Gasteiger partial charge in [-0.15, -0.1) is 11.3 Å². The highest BCUT2D eigenvalue weighted by Crippen LogP contribution is 2.25. The second-order valence-corrected chi connectivity index (χ2v) is 4.11. The van der Waals surface area contributed by atoms with Crippen LogP contribution in [0.3, 0.4) is 0 Å². The fourth-order valence-corrected chi connectivity index (χ4v) is 2.09. The van der Waals surface area contributed by atoms with E-state index in [1.807, 2.05) is 5.38 Å². The Labute approximate surface area is 90.1 Å². The van der Waals surface area contributed by atoms with Gasteiger partial charge in [-0.1, -0.05) is 5.16 Å². The Morgan fingerprint density at radius 3 is 3.20 bits per heavy atom. The van der Waals surface area contributed by atoms with Crippen molar-refractivity contribution in [1.29, 1.82) is 0 Å². The van der Waals surface area contributed by atoms with E-state index < -0.39 is 0 Å². The lowest BCUT2D eigenvalue weighted by Gasteiger charge is -1.97. The van der Waals surface area contributed by atoms with Crippen molar-refractivity contribution >= 4 is 11.3 Å². The number of nitrogens with zero attached hydrogens (tertiary/aromatic N) is 3. The van der Waals surface area contributed by atoms with Crippen LogP contribution < -0.4 is 0 Å². The summed E-state index contributed by atoms with van der Waals surface area (Å²) in [5.41, 5.74) is 2.50. The first-order valence-corrected chi connectivity index (χ1v) is 5.67. The lowest BCUT2D eigenvalue weighted by molar-refractivity contribution is 0.192. The van der Waals surface area contributed by atoms with Crippen molar-refractivity contribution in [2.24, 2.45) is 0 Å². The molecule has 0 aliphatic carbocycles. The summed E-state index contributed by atoms with van der Waals surface area (Å²) in [6.07, 6.45) is 0.968. The SMILES string of the molecule is c1nc(-c2nc([C@H]3CCOC3)no2)cs1. The highest BCUT2D eigenvalue weighted by Gasteiger charge is 2.23. The van der Waals surface area contributed by atoms with E-state index in [0.717, 1.165) is 24.5 Å². The van der Waals surface area contributed by atoms with Crippen molar-refractivity contribution in [2.75, 3.05) is 13.2 Å². The average Bonchev–Trinajstić information content (AvgIpc) is 3.02. The third-order valence-electron chi connectivity index (χ3n) is 2.39. The predicted octanol–water partition coefficient (Wildman–Crippen LogP) is 1.70. The van der Waals surface area contributed by atoms with Crippen LogP contribution in [0.4, 0.5) is 0 Å². The third-order valence-corrected chi connectivity index (χ3v) is 2.97. The Morgan fingerprint density at radius 1 is 1.47 bits per heavy atom. The minimum Gasteiger partial charge on any atom is -0.381 e. The Bertz CT molecular complexity index is 434. The zero-order valence-electron chi connectivity index (χ0n) is 7.92. The molecule has 6 heteroatoms. The van der Waals surface area contributed by atoms with Gasteiger partial charge >= 0.3 is 0 Å². The zero-order chi connectivity index (χ0) is 10.1. The van der Waals surface area contributed by atoms with E-state index >= 15 is 0 Å². The van der Waals surface area contributed by atoms with E-state index in [2.05, 4.69) is 15.1 Å². The van der Waals surface area contributed by atoms with E-state index in [9.17, 15) is 0 Å². The van der Waals surface area contributed by atoms with Crippen molar-refractivity contribution in [1.82, 2.24) is 15.1 Å². The Hall–Kier alpha value is -1.27. The van der Waals surface area contributed by atoms with Crippen molar-refractivity contribution < 1.29 is 9.26 Å². The molecular formula is C9H9N3O2S. The molecule has 1 fully saturated rings. The molecule has 0 N–H and O–H groups in total. The molecule has 3 rings (SSSR count). The molecule has 78 valence electrons. The lowest BCUT2D eigenvalue weighted by atomic mass is 10.1. The van der Waals surface area contributed by atoms with Gasteiger partial charge in [0, 0.05) is 17.9 Å². The first-order valence-electron chi connectivity index (χ1n) is 4.73. The second-order valence-electron chi connectivity index (χ2n) is 3.39. The first kappa shape index (κ1) is 8.99. The van der Waals surface area contributed by atoms with Gasteiger partial charge in [0.25, 0.3) is 5.89 Å². The normalized spacial score (nSPS) is 20.9. The number of hydrogen-bond donors (Lipinski definition) is 0. The van der Waals surface area contributed by atoms with Crippen LogP contribution in [0.1, 0.15) is 18.2 Å². The summed E-state index contributed by atoms with van der Waals surface area (Å²) in [5.74, 6) is 1.51. The smallest absolute Gasteiger partial charge is 0.277 e. The number of hydrogen-bond acceptors (Lipinski definition) is 6. The minimum absolute atomic E-state index is 0.279. The van der Waals surface area contributed by atoms with Crippen LogP contribution >= 0.6 is 11.3 Å². The number of ether oxygens (including phenoxy) is 1. The second kappa shape index (κ2) is 3.71. The van der Waals surface area contributed by atoms with Crippen molar-refractivity contribution in [3.05, 3.63) is 16.7 Å². The van der Waals surface area contributed by atoms with E-state index in [4.69, 9.17) is 9.26 Å². The van der Waals surface area contributed by atoms with Crippen LogP contribution in [0.2, 0.25) is 0 Å². The Balaban J connectivity index is 1.87. The molecule has 0 bridgehead atoms.